The van der Waals surface area contributed by atoms with Gasteiger partial charge in [0, 0.05) is 18.0 Å². The fourth-order valence-corrected chi connectivity index (χ4v) is 1.82. The normalized spacial score (nSPS) is 11.1. The van der Waals surface area contributed by atoms with Crippen LogP contribution in [0.3, 0.4) is 0 Å². The van der Waals surface area contributed by atoms with Gasteiger partial charge in [-0.15, -0.1) is 11.3 Å². The van der Waals surface area contributed by atoms with Gasteiger partial charge in [-0.3, -0.25) is 9.59 Å². The van der Waals surface area contributed by atoms with Crippen molar-refractivity contribution in [2.45, 2.75) is 12.6 Å². The Morgan fingerprint density at radius 3 is 2.44 bits per heavy atom. The van der Waals surface area contributed by atoms with Gasteiger partial charge in [0.15, 0.2) is 0 Å². The molecule has 1 rings (SSSR count). The monoisotopic (exact) mass is 280 g/mol. The summed E-state index contributed by atoms with van der Waals surface area (Å²) in [6.07, 6.45) is -4.70. The first-order valence-corrected chi connectivity index (χ1v) is 5.91. The molecule has 0 bridgehead atoms. The van der Waals surface area contributed by atoms with E-state index in [4.69, 9.17) is 0 Å². The molecule has 2 amide bonds. The second-order valence-corrected chi connectivity index (χ2v) is 4.39. The first kappa shape index (κ1) is 14.5. The highest BCUT2D eigenvalue weighted by Gasteiger charge is 2.38. The van der Waals surface area contributed by atoms with Gasteiger partial charge >= 0.3 is 12.1 Å². The number of carbonyl (C=O) groups excluding carboxylic acids is 2. The van der Waals surface area contributed by atoms with Gasteiger partial charge < -0.3 is 10.6 Å². The summed E-state index contributed by atoms with van der Waals surface area (Å²) in [5.41, 5.74) is 0. The Bertz CT molecular complexity index is 404. The molecule has 1 aromatic rings. The van der Waals surface area contributed by atoms with Gasteiger partial charge in [-0.05, 0) is 11.4 Å². The highest BCUT2D eigenvalue weighted by molar-refractivity contribution is 7.10. The van der Waals surface area contributed by atoms with Crippen LogP contribution in [0.25, 0.3) is 0 Å². The molecule has 0 unspecified atom stereocenters. The Kier molecular flexibility index (Phi) is 5.14. The van der Waals surface area contributed by atoms with E-state index < -0.39 is 12.1 Å². The van der Waals surface area contributed by atoms with Crippen LogP contribution < -0.4 is 10.6 Å². The molecule has 0 saturated heterocycles. The van der Waals surface area contributed by atoms with E-state index in [2.05, 4.69) is 5.32 Å². The fraction of sp³-hybridized carbons (Fsp3) is 0.400. The smallest absolute Gasteiger partial charge is 0.354 e. The number of hydrogen-bond acceptors (Lipinski definition) is 3. The van der Waals surface area contributed by atoms with Gasteiger partial charge in [0.2, 0.25) is 5.91 Å². The summed E-state index contributed by atoms with van der Waals surface area (Å²) in [7, 11) is 0. The minimum atomic E-state index is -4.89. The van der Waals surface area contributed by atoms with E-state index >= 15 is 0 Å². The molecule has 0 radical (unpaired) electrons. The van der Waals surface area contributed by atoms with Gasteiger partial charge in [0.05, 0.1) is 6.42 Å². The average Bonchev–Trinajstić information content (AvgIpc) is 2.75. The molecule has 0 aliphatic rings. The van der Waals surface area contributed by atoms with Gasteiger partial charge in [-0.25, -0.2) is 0 Å². The van der Waals surface area contributed by atoms with Crippen molar-refractivity contribution in [3.63, 3.8) is 0 Å². The topological polar surface area (TPSA) is 58.2 Å². The second-order valence-electron chi connectivity index (χ2n) is 3.36. The Balaban J connectivity index is 2.15. The summed E-state index contributed by atoms with van der Waals surface area (Å²) >= 11 is 1.42. The van der Waals surface area contributed by atoms with Crippen LogP contribution in [0.5, 0.6) is 0 Å². The SMILES string of the molecule is O=C(Cc1cccs1)NCCNC(=O)C(F)(F)F. The predicted octanol–water partition coefficient (Wildman–Crippen LogP) is 1.09. The Labute approximate surface area is 105 Å². The van der Waals surface area contributed by atoms with E-state index in [1.54, 1.807) is 17.4 Å². The minimum absolute atomic E-state index is 0.0357. The number of carbonyl (C=O) groups is 2. The molecule has 0 fully saturated rings. The first-order valence-electron chi connectivity index (χ1n) is 5.03. The maximum atomic E-state index is 11.8. The molecule has 4 nitrogen and oxygen atoms in total. The second kappa shape index (κ2) is 6.39. The van der Waals surface area contributed by atoms with Crippen LogP contribution in [-0.4, -0.2) is 31.1 Å². The van der Waals surface area contributed by atoms with Gasteiger partial charge in [0.25, 0.3) is 0 Å². The predicted molar refractivity (Wildman–Crippen MR) is 60.1 cm³/mol. The summed E-state index contributed by atoms with van der Waals surface area (Å²) in [6.45, 7) is -0.291. The van der Waals surface area contributed by atoms with Crippen LogP contribution in [0.15, 0.2) is 17.5 Å². The van der Waals surface area contributed by atoms with Crippen LogP contribution in [0.1, 0.15) is 4.88 Å². The number of thiophene rings is 1. The maximum Gasteiger partial charge on any atom is 0.471 e. The third kappa shape index (κ3) is 5.17. The van der Waals surface area contributed by atoms with Crippen LogP contribution in [0, 0.1) is 0 Å². The van der Waals surface area contributed by atoms with E-state index in [0.29, 0.717) is 0 Å². The molecule has 0 aromatic carbocycles. The minimum Gasteiger partial charge on any atom is -0.354 e. The van der Waals surface area contributed by atoms with Crippen molar-refractivity contribution in [2.75, 3.05) is 13.1 Å². The van der Waals surface area contributed by atoms with Crippen LogP contribution in [0.2, 0.25) is 0 Å². The number of rotatable bonds is 5. The zero-order chi connectivity index (χ0) is 13.6. The highest BCUT2D eigenvalue weighted by Crippen LogP contribution is 2.13. The lowest BCUT2D eigenvalue weighted by Crippen LogP contribution is -2.41. The Hall–Kier alpha value is -1.57. The summed E-state index contributed by atoms with van der Waals surface area (Å²) in [6, 6.07) is 3.59. The first-order chi connectivity index (χ1) is 8.39. The average molecular weight is 280 g/mol. The molecule has 100 valence electrons. The molecule has 1 heterocycles. The van der Waals surface area contributed by atoms with Gasteiger partial charge in [-0.1, -0.05) is 6.07 Å². The van der Waals surface area contributed by atoms with Gasteiger partial charge in [0.1, 0.15) is 0 Å². The fourth-order valence-electron chi connectivity index (χ4n) is 1.11. The lowest BCUT2D eigenvalue weighted by Gasteiger charge is -2.08. The van der Waals surface area contributed by atoms with Crippen molar-refractivity contribution in [3.8, 4) is 0 Å². The van der Waals surface area contributed by atoms with E-state index in [0.717, 1.165) is 4.88 Å². The van der Waals surface area contributed by atoms with Crippen LogP contribution in [0.4, 0.5) is 13.2 Å². The van der Waals surface area contributed by atoms with Crippen molar-refractivity contribution in [1.82, 2.24) is 10.6 Å². The zero-order valence-electron chi connectivity index (χ0n) is 9.21. The molecule has 0 atom stereocenters. The molecule has 0 saturated carbocycles. The van der Waals surface area contributed by atoms with Crippen molar-refractivity contribution in [3.05, 3.63) is 22.4 Å². The maximum absolute atomic E-state index is 11.8. The van der Waals surface area contributed by atoms with E-state index in [1.807, 2.05) is 5.38 Å². The summed E-state index contributed by atoms with van der Waals surface area (Å²) in [4.78, 5) is 22.6. The third-order valence-corrected chi connectivity index (χ3v) is 2.78. The molecule has 0 spiro atoms. The van der Waals surface area contributed by atoms with Crippen LogP contribution >= 0.6 is 11.3 Å². The largest absolute Gasteiger partial charge is 0.471 e. The highest BCUT2D eigenvalue weighted by atomic mass is 32.1. The molecular weight excluding hydrogens is 269 g/mol. The Morgan fingerprint density at radius 2 is 1.89 bits per heavy atom. The van der Waals surface area contributed by atoms with E-state index in [-0.39, 0.29) is 25.4 Å². The molecular formula is C10H11F3N2O2S. The van der Waals surface area contributed by atoms with Crippen molar-refractivity contribution < 1.29 is 22.8 Å². The molecule has 0 aliphatic heterocycles. The zero-order valence-corrected chi connectivity index (χ0v) is 10.0. The molecule has 1 aromatic heterocycles. The molecule has 0 aliphatic carbocycles. The summed E-state index contributed by atoms with van der Waals surface area (Å²) in [5.74, 6) is -2.30. The summed E-state index contributed by atoms with van der Waals surface area (Å²) < 4.78 is 35.4. The standard InChI is InChI=1S/C10H11F3N2O2S/c11-10(12,13)9(17)15-4-3-14-8(16)6-7-2-1-5-18-7/h1-2,5H,3-4,6H2,(H,14,16)(H,15,17). The lowest BCUT2D eigenvalue weighted by atomic mass is 10.3. The number of nitrogens with one attached hydrogen (secondary N) is 2. The Morgan fingerprint density at radius 1 is 1.22 bits per heavy atom. The number of hydrogen-bond donors (Lipinski definition) is 2. The van der Waals surface area contributed by atoms with Crippen molar-refractivity contribution in [2.24, 2.45) is 0 Å². The molecule has 18 heavy (non-hydrogen) atoms. The molecule has 2 N–H and O–H groups in total. The van der Waals surface area contributed by atoms with Crippen molar-refractivity contribution >= 4 is 23.2 Å². The summed E-state index contributed by atoms with van der Waals surface area (Å²) in [5, 5.41) is 5.90. The third-order valence-electron chi connectivity index (χ3n) is 1.91. The van der Waals surface area contributed by atoms with E-state index in [9.17, 15) is 22.8 Å². The van der Waals surface area contributed by atoms with Crippen LogP contribution in [-0.2, 0) is 16.0 Å². The lowest BCUT2D eigenvalue weighted by molar-refractivity contribution is -0.173. The quantitative estimate of drug-likeness (QED) is 0.793. The number of amides is 2. The number of halogens is 3. The molecule has 8 heteroatoms. The number of alkyl halides is 3. The van der Waals surface area contributed by atoms with Gasteiger partial charge in [-0.2, -0.15) is 13.2 Å². The van der Waals surface area contributed by atoms with E-state index in [1.165, 1.54) is 11.3 Å². The van der Waals surface area contributed by atoms with Crippen molar-refractivity contribution in [1.29, 1.82) is 0 Å².